The van der Waals surface area contributed by atoms with E-state index in [9.17, 15) is 0 Å². The first-order valence-electron chi connectivity index (χ1n) is 8.64. The van der Waals surface area contributed by atoms with E-state index < -0.39 is 0 Å². The van der Waals surface area contributed by atoms with Gasteiger partial charge in [0.1, 0.15) is 11.9 Å². The average molecular weight is 303 g/mol. The van der Waals surface area contributed by atoms with Gasteiger partial charge in [0.25, 0.3) is 0 Å². The fourth-order valence-electron chi connectivity index (χ4n) is 2.84. The third kappa shape index (κ3) is 6.00. The second kappa shape index (κ2) is 6.62. The van der Waals surface area contributed by atoms with Gasteiger partial charge in [0.05, 0.1) is 0 Å². The molecular weight excluding hydrogens is 270 g/mol. The van der Waals surface area contributed by atoms with Crippen molar-refractivity contribution >= 4 is 0 Å². The third-order valence-corrected chi connectivity index (χ3v) is 4.12. The first-order valence-corrected chi connectivity index (χ1v) is 8.64. The average Bonchev–Trinajstić information content (AvgIpc) is 2.33. The van der Waals surface area contributed by atoms with Gasteiger partial charge in [-0.25, -0.2) is 0 Å². The van der Waals surface area contributed by atoms with Crippen LogP contribution in [0.4, 0.5) is 0 Å². The minimum Gasteiger partial charge on any atom is -0.490 e. The standard InChI is InChI=1S/C20H33NO/c1-19(2,3)12-11-15-7-9-17(10-8-15)22-18-13-16(14-18)21-20(4,5)6/h7-10,16,18,21H,11-14H2,1-6H3. The van der Waals surface area contributed by atoms with Crippen LogP contribution in [0, 0.1) is 5.41 Å². The number of ether oxygens (including phenoxy) is 1. The molecule has 1 N–H and O–H groups in total. The summed E-state index contributed by atoms with van der Waals surface area (Å²) in [4.78, 5) is 0. The lowest BCUT2D eigenvalue weighted by Crippen LogP contribution is -2.53. The van der Waals surface area contributed by atoms with Gasteiger partial charge in [0, 0.05) is 11.6 Å². The van der Waals surface area contributed by atoms with Crippen molar-refractivity contribution in [3.05, 3.63) is 29.8 Å². The summed E-state index contributed by atoms with van der Waals surface area (Å²) in [6.45, 7) is 13.5. The number of nitrogens with one attached hydrogen (secondary N) is 1. The smallest absolute Gasteiger partial charge is 0.119 e. The molecule has 1 saturated carbocycles. The number of benzene rings is 1. The Morgan fingerprint density at radius 2 is 1.59 bits per heavy atom. The highest BCUT2D eigenvalue weighted by molar-refractivity contribution is 5.28. The van der Waals surface area contributed by atoms with E-state index in [1.54, 1.807) is 0 Å². The number of hydrogen-bond donors (Lipinski definition) is 1. The molecule has 0 heterocycles. The molecule has 0 aromatic heterocycles. The predicted octanol–water partition coefficient (Wildman–Crippen LogP) is 4.96. The van der Waals surface area contributed by atoms with E-state index in [-0.39, 0.29) is 5.54 Å². The van der Waals surface area contributed by atoms with Crippen molar-refractivity contribution in [2.75, 3.05) is 0 Å². The minimum absolute atomic E-state index is 0.199. The molecule has 2 rings (SSSR count). The van der Waals surface area contributed by atoms with Gasteiger partial charge in [-0.05, 0) is 69.6 Å². The van der Waals surface area contributed by atoms with Crippen LogP contribution in [0.5, 0.6) is 5.75 Å². The summed E-state index contributed by atoms with van der Waals surface area (Å²) in [7, 11) is 0. The molecule has 22 heavy (non-hydrogen) atoms. The predicted molar refractivity (Wildman–Crippen MR) is 94.5 cm³/mol. The van der Waals surface area contributed by atoms with Crippen molar-refractivity contribution in [1.82, 2.24) is 5.32 Å². The topological polar surface area (TPSA) is 21.3 Å². The molecule has 0 spiro atoms. The van der Waals surface area contributed by atoms with Crippen LogP contribution in [-0.2, 0) is 6.42 Å². The van der Waals surface area contributed by atoms with Gasteiger partial charge < -0.3 is 10.1 Å². The van der Waals surface area contributed by atoms with Crippen LogP contribution in [0.3, 0.4) is 0 Å². The second-order valence-electron chi connectivity index (χ2n) is 9.01. The van der Waals surface area contributed by atoms with Crippen molar-refractivity contribution in [2.45, 2.75) is 84.9 Å². The highest BCUT2D eigenvalue weighted by Crippen LogP contribution is 2.28. The highest BCUT2D eigenvalue weighted by atomic mass is 16.5. The zero-order chi connectivity index (χ0) is 16.4. The Labute approximate surface area is 136 Å². The first kappa shape index (κ1) is 17.3. The lowest BCUT2D eigenvalue weighted by Gasteiger charge is -2.40. The Morgan fingerprint density at radius 1 is 1.00 bits per heavy atom. The molecule has 0 saturated heterocycles. The summed E-state index contributed by atoms with van der Waals surface area (Å²) >= 11 is 0. The van der Waals surface area contributed by atoms with E-state index >= 15 is 0 Å². The molecule has 1 aliphatic rings. The fourth-order valence-corrected chi connectivity index (χ4v) is 2.84. The van der Waals surface area contributed by atoms with Crippen LogP contribution in [0.2, 0.25) is 0 Å². The molecule has 124 valence electrons. The Morgan fingerprint density at radius 3 is 2.09 bits per heavy atom. The summed E-state index contributed by atoms with van der Waals surface area (Å²) in [5.41, 5.74) is 2.00. The van der Waals surface area contributed by atoms with Crippen LogP contribution < -0.4 is 10.1 Å². The zero-order valence-electron chi connectivity index (χ0n) is 15.2. The summed E-state index contributed by atoms with van der Waals surface area (Å²) in [6.07, 6.45) is 4.97. The van der Waals surface area contributed by atoms with Crippen LogP contribution in [0.25, 0.3) is 0 Å². The Hall–Kier alpha value is -1.02. The molecule has 1 aromatic rings. The molecule has 1 fully saturated rings. The third-order valence-electron chi connectivity index (χ3n) is 4.12. The van der Waals surface area contributed by atoms with Crippen LogP contribution in [-0.4, -0.2) is 17.7 Å². The van der Waals surface area contributed by atoms with Crippen molar-refractivity contribution in [2.24, 2.45) is 5.41 Å². The van der Waals surface area contributed by atoms with E-state index in [1.165, 1.54) is 12.0 Å². The van der Waals surface area contributed by atoms with Gasteiger partial charge in [0.2, 0.25) is 0 Å². The van der Waals surface area contributed by atoms with E-state index in [0.717, 1.165) is 25.0 Å². The van der Waals surface area contributed by atoms with Gasteiger partial charge in [-0.2, -0.15) is 0 Å². The number of aryl methyl sites for hydroxylation is 1. The Balaban J connectivity index is 1.74. The summed E-state index contributed by atoms with van der Waals surface area (Å²) in [6, 6.07) is 9.29. The van der Waals surface area contributed by atoms with Crippen molar-refractivity contribution in [1.29, 1.82) is 0 Å². The monoisotopic (exact) mass is 303 g/mol. The first-order chi connectivity index (χ1) is 10.1. The van der Waals surface area contributed by atoms with Gasteiger partial charge in [-0.15, -0.1) is 0 Å². The quantitative estimate of drug-likeness (QED) is 0.830. The lowest BCUT2D eigenvalue weighted by atomic mass is 9.87. The SMILES string of the molecule is CC(C)(C)CCc1ccc(OC2CC(NC(C)(C)C)C2)cc1. The van der Waals surface area contributed by atoms with Crippen LogP contribution >= 0.6 is 0 Å². The van der Waals surface area contributed by atoms with E-state index in [1.807, 2.05) is 0 Å². The van der Waals surface area contributed by atoms with Gasteiger partial charge in [0.15, 0.2) is 0 Å². The molecule has 2 heteroatoms. The molecule has 0 radical (unpaired) electrons. The molecule has 0 aliphatic heterocycles. The summed E-state index contributed by atoms with van der Waals surface area (Å²) < 4.78 is 6.06. The highest BCUT2D eigenvalue weighted by Gasteiger charge is 2.33. The molecule has 0 unspecified atom stereocenters. The fraction of sp³-hybridized carbons (Fsp3) is 0.700. The molecule has 1 aromatic carbocycles. The van der Waals surface area contributed by atoms with Crippen molar-refractivity contribution < 1.29 is 4.74 Å². The molecule has 0 atom stereocenters. The van der Waals surface area contributed by atoms with Gasteiger partial charge >= 0.3 is 0 Å². The van der Waals surface area contributed by atoms with Crippen LogP contribution in [0.1, 0.15) is 66.4 Å². The van der Waals surface area contributed by atoms with Crippen molar-refractivity contribution in [3.8, 4) is 5.75 Å². The molecule has 0 bridgehead atoms. The lowest BCUT2D eigenvalue weighted by molar-refractivity contribution is 0.0734. The number of hydrogen-bond acceptors (Lipinski definition) is 2. The normalized spacial score (nSPS) is 22.3. The van der Waals surface area contributed by atoms with E-state index in [0.29, 0.717) is 17.6 Å². The van der Waals surface area contributed by atoms with Crippen LogP contribution in [0.15, 0.2) is 24.3 Å². The van der Waals surface area contributed by atoms with Crippen molar-refractivity contribution in [3.63, 3.8) is 0 Å². The van der Waals surface area contributed by atoms with Gasteiger partial charge in [-0.3, -0.25) is 0 Å². The van der Waals surface area contributed by atoms with Gasteiger partial charge in [-0.1, -0.05) is 32.9 Å². The molecule has 0 amide bonds. The minimum atomic E-state index is 0.199. The Kier molecular flexibility index (Phi) is 5.21. The Bertz CT molecular complexity index is 458. The largest absolute Gasteiger partial charge is 0.490 e. The molecule has 1 aliphatic carbocycles. The molecular formula is C20H33NO. The maximum Gasteiger partial charge on any atom is 0.119 e. The van der Waals surface area contributed by atoms with E-state index in [4.69, 9.17) is 4.74 Å². The maximum atomic E-state index is 6.06. The summed E-state index contributed by atoms with van der Waals surface area (Å²) in [5, 5.41) is 3.63. The second-order valence-corrected chi connectivity index (χ2v) is 9.01. The summed E-state index contributed by atoms with van der Waals surface area (Å²) in [5.74, 6) is 1.01. The number of rotatable bonds is 5. The van der Waals surface area contributed by atoms with E-state index in [2.05, 4.69) is 71.1 Å². The maximum absolute atomic E-state index is 6.06. The molecule has 2 nitrogen and oxygen atoms in total. The zero-order valence-corrected chi connectivity index (χ0v) is 15.2.